The first-order valence-corrected chi connectivity index (χ1v) is 29.6. The van der Waals surface area contributed by atoms with Crippen LogP contribution in [0.3, 0.4) is 0 Å². The monoisotopic (exact) mass is 1240 g/mol. The zero-order valence-electron chi connectivity index (χ0n) is 50.3. The minimum Gasteiger partial charge on any atom is -0.508 e. The molecule has 0 spiro atoms. The lowest BCUT2D eigenvalue weighted by atomic mass is 9.98. The van der Waals surface area contributed by atoms with Crippen LogP contribution >= 0.6 is 0 Å². The standard InChI is InChI=1S/C59H83N17O13/c1-31(2)21-41(51(82)69-40(11-7-19-64-59(61)62)58(89)76-20-8-12-47(76)57(88)66-28-48(60)79)70-52(83)42(22-32(3)4)71-53(84)43(23-33-13-15-36(78)16-14-33)72-56(87)46(29-77)75-54(85)44(24-34-26-65-38-10-6-5-9-37(34)38)73-55(86)45(25-35-27-63-30-67-35)74-50(81)39-17-18-49(80)68-39/h5-6,9-10,13-16,26-27,30-32,39-47,65,77-78H,7-8,11-12,17-25,28-29H2,1-4H3,(H2,60,79)(H,63,67)(H,66,88)(H,68,80)(H,69,82)(H,70,83)(H,71,84)(H,72,87)(H,73,86)(H,74,81)(H,75,85)(H4,61,62,64)/t39-,40-,41-,42-,43-,44-,45-,46-,47-/m0/s1. The molecule has 0 bridgehead atoms. The fourth-order valence-corrected chi connectivity index (χ4v) is 10.5. The van der Waals surface area contributed by atoms with Gasteiger partial charge in [0, 0.05) is 67.8 Å². The molecule has 2 aromatic carbocycles. The number of fused-ring (bicyclic) bond motifs is 1. The van der Waals surface area contributed by atoms with Gasteiger partial charge in [-0.1, -0.05) is 58.0 Å². The Kier molecular flexibility index (Phi) is 25.4. The van der Waals surface area contributed by atoms with Gasteiger partial charge in [-0.3, -0.25) is 57.7 Å². The van der Waals surface area contributed by atoms with Gasteiger partial charge in [0.05, 0.1) is 19.5 Å². The number of amides is 11. The second-order valence-electron chi connectivity index (χ2n) is 23.1. The Labute approximate surface area is 513 Å². The molecule has 19 N–H and O–H groups in total. The van der Waals surface area contributed by atoms with Crippen molar-refractivity contribution in [1.29, 1.82) is 0 Å². The molecular weight excluding hydrogens is 1150 g/mol. The number of phenols is 1. The number of aromatic hydroxyl groups is 1. The maximum absolute atomic E-state index is 14.7. The average Bonchev–Trinajstić information content (AvgIpc) is 3.52. The number of nitrogens with one attached hydrogen (secondary N) is 11. The molecular formula is C59H83N17O13. The van der Waals surface area contributed by atoms with E-state index in [1.165, 1.54) is 41.7 Å². The first-order valence-electron chi connectivity index (χ1n) is 29.6. The van der Waals surface area contributed by atoms with Crippen molar-refractivity contribution < 1.29 is 63.0 Å². The van der Waals surface area contributed by atoms with Crippen molar-refractivity contribution in [2.24, 2.45) is 34.0 Å². The van der Waals surface area contributed by atoms with E-state index in [1.54, 1.807) is 58.2 Å². The summed E-state index contributed by atoms with van der Waals surface area (Å²) < 4.78 is 0. The van der Waals surface area contributed by atoms with Gasteiger partial charge in [-0.05, 0) is 86.1 Å². The summed E-state index contributed by atoms with van der Waals surface area (Å²) >= 11 is 0. The van der Waals surface area contributed by atoms with E-state index in [-0.39, 0.29) is 107 Å². The van der Waals surface area contributed by atoms with Crippen LogP contribution in [0.25, 0.3) is 10.9 Å². The molecule has 6 rings (SSSR count). The third-order valence-corrected chi connectivity index (χ3v) is 15.0. The van der Waals surface area contributed by atoms with Crippen LogP contribution in [-0.4, -0.2) is 182 Å². The quantitative estimate of drug-likeness (QED) is 0.0129. The van der Waals surface area contributed by atoms with Gasteiger partial charge in [0.25, 0.3) is 0 Å². The number of aromatic nitrogens is 3. The number of aromatic amines is 2. The number of nitrogens with two attached hydrogens (primary N) is 3. The summed E-state index contributed by atoms with van der Waals surface area (Å²) in [6, 6.07) is 1.01. The number of aliphatic imine (C=N–C) groups is 1. The number of nitrogens with zero attached hydrogens (tertiary/aromatic N) is 3. The van der Waals surface area contributed by atoms with Crippen LogP contribution < -0.4 is 65.1 Å². The van der Waals surface area contributed by atoms with Gasteiger partial charge in [0.2, 0.25) is 65.0 Å². The molecule has 4 heterocycles. The number of imidazole rings is 1. The van der Waals surface area contributed by atoms with Gasteiger partial charge < -0.3 is 90.1 Å². The zero-order chi connectivity index (χ0) is 64.9. The van der Waals surface area contributed by atoms with Crippen molar-refractivity contribution in [3.8, 4) is 5.75 Å². The lowest BCUT2D eigenvalue weighted by Crippen LogP contribution is -2.61. The molecule has 89 heavy (non-hydrogen) atoms. The predicted octanol–water partition coefficient (Wildman–Crippen LogP) is -2.97. The van der Waals surface area contributed by atoms with Crippen LogP contribution in [0.2, 0.25) is 0 Å². The molecule has 11 amide bonds. The lowest BCUT2D eigenvalue weighted by molar-refractivity contribution is -0.142. The van der Waals surface area contributed by atoms with Crippen LogP contribution in [0.4, 0.5) is 0 Å². The lowest BCUT2D eigenvalue weighted by Gasteiger charge is -2.31. The molecule has 2 aromatic heterocycles. The van der Waals surface area contributed by atoms with E-state index in [0.29, 0.717) is 34.1 Å². The third-order valence-electron chi connectivity index (χ3n) is 15.0. The highest BCUT2D eigenvalue weighted by Gasteiger charge is 2.40. The molecule has 482 valence electrons. The van der Waals surface area contributed by atoms with E-state index in [4.69, 9.17) is 17.2 Å². The van der Waals surface area contributed by atoms with Crippen LogP contribution in [0.15, 0.2) is 72.2 Å². The number of carbonyl (C=O) groups is 11. The highest BCUT2D eigenvalue weighted by molar-refractivity contribution is 6.00. The Hall–Kier alpha value is -9.61. The molecule has 2 aliphatic rings. The fourth-order valence-electron chi connectivity index (χ4n) is 10.5. The second kappa shape index (κ2) is 32.9. The number of aliphatic hydroxyl groups is 1. The summed E-state index contributed by atoms with van der Waals surface area (Å²) in [7, 11) is 0. The summed E-state index contributed by atoms with van der Waals surface area (Å²) in [5.41, 5.74) is 18.5. The number of benzene rings is 2. The molecule has 0 saturated carbocycles. The van der Waals surface area contributed by atoms with Crippen LogP contribution in [-0.2, 0) is 72.0 Å². The number of carbonyl (C=O) groups excluding carboxylic acids is 11. The fraction of sp³-hybridized carbons (Fsp3) is 0.508. The Bertz CT molecular complexity index is 3160. The Morgan fingerprint density at radius 1 is 0.685 bits per heavy atom. The van der Waals surface area contributed by atoms with E-state index in [9.17, 15) is 63.0 Å². The molecule has 0 aliphatic carbocycles. The Morgan fingerprint density at radius 3 is 1.83 bits per heavy atom. The van der Waals surface area contributed by atoms with Crippen molar-refractivity contribution in [2.75, 3.05) is 26.2 Å². The van der Waals surface area contributed by atoms with Crippen molar-refractivity contribution in [2.45, 2.75) is 153 Å². The normalized spacial score (nSPS) is 17.0. The molecule has 4 aromatic rings. The molecule has 30 nitrogen and oxygen atoms in total. The average molecular weight is 1240 g/mol. The van der Waals surface area contributed by atoms with Crippen molar-refractivity contribution in [1.82, 2.24) is 67.7 Å². The topological polar surface area (TPSA) is 475 Å². The van der Waals surface area contributed by atoms with Crippen LogP contribution in [0, 0.1) is 11.8 Å². The van der Waals surface area contributed by atoms with Crippen molar-refractivity contribution in [3.63, 3.8) is 0 Å². The summed E-state index contributed by atoms with van der Waals surface area (Å²) in [5.74, 6) is -9.03. The second-order valence-corrected chi connectivity index (χ2v) is 23.1. The first-order chi connectivity index (χ1) is 42.4. The number of primary amides is 1. The molecule has 0 radical (unpaired) electrons. The summed E-state index contributed by atoms with van der Waals surface area (Å²) in [6.07, 6.45) is 5.24. The van der Waals surface area contributed by atoms with Crippen molar-refractivity contribution >= 4 is 81.8 Å². The Balaban J connectivity index is 1.22. The number of guanidine groups is 1. The molecule has 0 unspecified atom stereocenters. The van der Waals surface area contributed by atoms with E-state index in [0.717, 1.165) is 0 Å². The highest BCUT2D eigenvalue weighted by atomic mass is 16.3. The number of phenolic OH excluding ortho intramolecular Hbond substituents is 1. The van der Waals surface area contributed by atoms with Crippen LogP contribution in [0.1, 0.15) is 95.9 Å². The number of hydrogen-bond donors (Lipinski definition) is 16. The summed E-state index contributed by atoms with van der Waals surface area (Å²) in [5, 5.41) is 45.4. The van der Waals surface area contributed by atoms with Crippen molar-refractivity contribution in [3.05, 3.63) is 84.1 Å². The minimum absolute atomic E-state index is 0.00989. The van der Waals surface area contributed by atoms with Gasteiger partial charge in [0.1, 0.15) is 60.1 Å². The number of para-hydroxylation sites is 1. The smallest absolute Gasteiger partial charge is 0.245 e. The number of hydrogen-bond acceptors (Lipinski definition) is 15. The zero-order valence-corrected chi connectivity index (χ0v) is 50.3. The Morgan fingerprint density at radius 2 is 1.26 bits per heavy atom. The van der Waals surface area contributed by atoms with Gasteiger partial charge >= 0.3 is 0 Å². The van der Waals surface area contributed by atoms with Gasteiger partial charge in [-0.2, -0.15) is 0 Å². The van der Waals surface area contributed by atoms with E-state index in [1.807, 2.05) is 0 Å². The number of likely N-dealkylation sites (tertiary alicyclic amines) is 1. The van der Waals surface area contributed by atoms with E-state index >= 15 is 0 Å². The van der Waals surface area contributed by atoms with Gasteiger partial charge in [0.15, 0.2) is 5.96 Å². The maximum Gasteiger partial charge on any atom is 0.245 e. The van der Waals surface area contributed by atoms with Crippen LogP contribution in [0.5, 0.6) is 5.75 Å². The summed E-state index contributed by atoms with van der Waals surface area (Å²) in [4.78, 5) is 167. The number of rotatable bonds is 33. The van der Waals surface area contributed by atoms with Gasteiger partial charge in [-0.15, -0.1) is 0 Å². The van der Waals surface area contributed by atoms with E-state index < -0.39 is 127 Å². The molecule has 2 aliphatic heterocycles. The SMILES string of the molecule is CC(C)C[C@H](NC(=O)[C@H](Cc1ccc(O)cc1)NC(=O)[C@H](CO)NC(=O)[C@H](Cc1c[nH]c2ccccc12)NC(=O)[C@H](Cc1cnc[nH]1)NC(=O)[C@@H]1CCC(=O)N1)C(=O)N[C@@H](CC(C)C)C(=O)N[C@@H](CCCN=C(N)N)C(=O)N1CCC[C@H]1C(=O)NCC(N)=O. The first kappa shape index (κ1) is 68.5. The predicted molar refractivity (Wildman–Crippen MR) is 324 cm³/mol. The molecule has 9 atom stereocenters. The molecule has 2 fully saturated rings. The highest BCUT2D eigenvalue weighted by Crippen LogP contribution is 2.22. The number of aliphatic hydroxyl groups excluding tert-OH is 1. The molecule has 30 heteroatoms. The molecule has 2 saturated heterocycles. The number of H-pyrrole nitrogens is 2. The maximum atomic E-state index is 14.7. The van der Waals surface area contributed by atoms with E-state index in [2.05, 4.69) is 67.8 Å². The summed E-state index contributed by atoms with van der Waals surface area (Å²) in [6.45, 7) is 5.96. The minimum atomic E-state index is -1.77. The largest absolute Gasteiger partial charge is 0.508 e. The van der Waals surface area contributed by atoms with Gasteiger partial charge in [-0.25, -0.2) is 4.98 Å². The third kappa shape index (κ3) is 20.8.